The minimum absolute atomic E-state index is 0.181. The van der Waals surface area contributed by atoms with Gasteiger partial charge in [-0.05, 0) is 25.5 Å². The van der Waals surface area contributed by atoms with Gasteiger partial charge in [-0.3, -0.25) is 0 Å². The van der Waals surface area contributed by atoms with E-state index < -0.39 is 0 Å². The van der Waals surface area contributed by atoms with Gasteiger partial charge in [-0.15, -0.1) is 6.42 Å². The summed E-state index contributed by atoms with van der Waals surface area (Å²) in [5.74, 6) is 3.77. The summed E-state index contributed by atoms with van der Waals surface area (Å²) in [6.45, 7) is 4.27. The van der Waals surface area contributed by atoms with E-state index in [9.17, 15) is 0 Å². The highest BCUT2D eigenvalue weighted by Crippen LogP contribution is 2.05. The Bertz CT molecular complexity index is 297. The molecule has 0 amide bonds. The Hall–Kier alpha value is -1.20. The lowest BCUT2D eigenvalue weighted by atomic mass is 10.1. The molecule has 2 atom stereocenters. The summed E-state index contributed by atoms with van der Waals surface area (Å²) in [7, 11) is 0. The molecule has 82 valence electrons. The Morgan fingerprint density at radius 1 is 1.60 bits per heavy atom. The number of rotatable bonds is 6. The summed E-state index contributed by atoms with van der Waals surface area (Å²) in [5, 5.41) is 3.41. The molecule has 0 aliphatic heterocycles. The lowest BCUT2D eigenvalue weighted by molar-refractivity contribution is 0.432. The van der Waals surface area contributed by atoms with Gasteiger partial charge in [-0.2, -0.15) is 0 Å². The molecule has 0 aliphatic rings. The zero-order valence-electron chi connectivity index (χ0n) is 9.49. The van der Waals surface area contributed by atoms with Crippen LogP contribution in [0.1, 0.15) is 32.4 Å². The highest BCUT2D eigenvalue weighted by atomic mass is 16.3. The van der Waals surface area contributed by atoms with E-state index in [1.807, 2.05) is 12.1 Å². The summed E-state index contributed by atoms with van der Waals surface area (Å²) in [4.78, 5) is 0. The maximum atomic E-state index is 5.44. The number of nitrogens with one attached hydrogen (secondary N) is 1. The Balaban J connectivity index is 2.35. The van der Waals surface area contributed by atoms with Crippen LogP contribution in [0.3, 0.4) is 0 Å². The molecule has 0 aliphatic carbocycles. The minimum Gasteiger partial charge on any atom is -0.469 e. The van der Waals surface area contributed by atoms with E-state index in [1.165, 1.54) is 0 Å². The highest BCUT2D eigenvalue weighted by molar-refractivity contribution is 5.03. The molecule has 0 saturated carbocycles. The van der Waals surface area contributed by atoms with E-state index in [-0.39, 0.29) is 6.04 Å². The number of furan rings is 1. The third kappa shape index (κ3) is 4.22. The molecule has 1 rings (SSSR count). The lowest BCUT2D eigenvalue weighted by Gasteiger charge is -2.17. The van der Waals surface area contributed by atoms with Gasteiger partial charge >= 0.3 is 0 Å². The third-order valence-corrected chi connectivity index (χ3v) is 2.35. The van der Waals surface area contributed by atoms with Crippen molar-refractivity contribution in [3.05, 3.63) is 24.2 Å². The quantitative estimate of drug-likeness (QED) is 0.722. The van der Waals surface area contributed by atoms with Gasteiger partial charge in [0.05, 0.1) is 12.3 Å². The van der Waals surface area contributed by atoms with Gasteiger partial charge in [-0.1, -0.05) is 19.3 Å². The Morgan fingerprint density at radius 2 is 2.40 bits per heavy atom. The van der Waals surface area contributed by atoms with E-state index in [2.05, 4.69) is 25.1 Å². The number of terminal acetylenes is 1. The van der Waals surface area contributed by atoms with Gasteiger partial charge in [0.15, 0.2) is 0 Å². The molecular formula is C13H19NO. The average molecular weight is 205 g/mol. The van der Waals surface area contributed by atoms with Crippen LogP contribution >= 0.6 is 0 Å². The first-order chi connectivity index (χ1) is 7.26. The monoisotopic (exact) mass is 205 g/mol. The predicted molar refractivity (Wildman–Crippen MR) is 62.5 cm³/mol. The van der Waals surface area contributed by atoms with Crippen LogP contribution in [0.2, 0.25) is 0 Å². The molecule has 0 bridgehead atoms. The van der Waals surface area contributed by atoms with Gasteiger partial charge in [0.2, 0.25) is 0 Å². The van der Waals surface area contributed by atoms with Crippen LogP contribution in [0.15, 0.2) is 22.8 Å². The molecule has 1 heterocycles. The fourth-order valence-electron chi connectivity index (χ4n) is 1.64. The Labute approximate surface area is 92.1 Å². The standard InChI is InChI=1S/C13H19NO/c1-4-7-12(5-2)14-11(3)10-13-8-6-9-15-13/h2,6,8-9,11-12,14H,4,7,10H2,1,3H3. The third-order valence-electron chi connectivity index (χ3n) is 2.35. The smallest absolute Gasteiger partial charge is 0.105 e. The molecule has 0 spiro atoms. The van der Waals surface area contributed by atoms with E-state index in [0.29, 0.717) is 6.04 Å². The van der Waals surface area contributed by atoms with Crippen molar-refractivity contribution in [3.8, 4) is 12.3 Å². The average Bonchev–Trinajstić information content (AvgIpc) is 2.69. The molecule has 1 aromatic heterocycles. The zero-order chi connectivity index (χ0) is 11.1. The second-order valence-electron chi connectivity index (χ2n) is 3.86. The minimum atomic E-state index is 0.181. The van der Waals surface area contributed by atoms with E-state index in [1.54, 1.807) is 6.26 Å². The molecule has 0 aromatic carbocycles. The van der Waals surface area contributed by atoms with Crippen molar-refractivity contribution < 1.29 is 4.42 Å². The van der Waals surface area contributed by atoms with Crippen molar-refractivity contribution in [2.45, 2.75) is 45.2 Å². The van der Waals surface area contributed by atoms with Crippen LogP contribution in [0.25, 0.3) is 0 Å². The van der Waals surface area contributed by atoms with Crippen molar-refractivity contribution >= 4 is 0 Å². The van der Waals surface area contributed by atoms with Crippen LogP contribution in [0.5, 0.6) is 0 Å². The summed E-state index contributed by atoms with van der Waals surface area (Å²) >= 11 is 0. The largest absolute Gasteiger partial charge is 0.469 e. The van der Waals surface area contributed by atoms with Crippen molar-refractivity contribution in [2.75, 3.05) is 0 Å². The highest BCUT2D eigenvalue weighted by Gasteiger charge is 2.10. The first-order valence-electron chi connectivity index (χ1n) is 5.50. The summed E-state index contributed by atoms with van der Waals surface area (Å²) < 4.78 is 5.29. The van der Waals surface area contributed by atoms with Crippen molar-refractivity contribution in [2.24, 2.45) is 0 Å². The van der Waals surface area contributed by atoms with Crippen LogP contribution in [0.4, 0.5) is 0 Å². The van der Waals surface area contributed by atoms with Crippen molar-refractivity contribution in [1.29, 1.82) is 0 Å². The number of hydrogen-bond acceptors (Lipinski definition) is 2. The van der Waals surface area contributed by atoms with Crippen molar-refractivity contribution in [1.82, 2.24) is 5.32 Å². The van der Waals surface area contributed by atoms with Gasteiger partial charge < -0.3 is 9.73 Å². The maximum Gasteiger partial charge on any atom is 0.105 e. The van der Waals surface area contributed by atoms with Crippen molar-refractivity contribution in [3.63, 3.8) is 0 Å². The Morgan fingerprint density at radius 3 is 2.93 bits per heavy atom. The molecule has 2 unspecified atom stereocenters. The summed E-state index contributed by atoms with van der Waals surface area (Å²) in [6, 6.07) is 4.43. The van der Waals surface area contributed by atoms with Gasteiger partial charge in [0.1, 0.15) is 5.76 Å². The van der Waals surface area contributed by atoms with Gasteiger partial charge in [0.25, 0.3) is 0 Å². The molecule has 2 nitrogen and oxygen atoms in total. The normalized spacial score (nSPS) is 14.5. The first kappa shape index (κ1) is 11.9. The fourth-order valence-corrected chi connectivity index (χ4v) is 1.64. The predicted octanol–water partition coefficient (Wildman–Crippen LogP) is 2.60. The van der Waals surface area contributed by atoms with Gasteiger partial charge in [-0.25, -0.2) is 0 Å². The number of hydrogen-bond donors (Lipinski definition) is 1. The lowest BCUT2D eigenvalue weighted by Crippen LogP contribution is -2.36. The molecule has 15 heavy (non-hydrogen) atoms. The topological polar surface area (TPSA) is 25.2 Å². The second kappa shape index (κ2) is 6.31. The van der Waals surface area contributed by atoms with E-state index in [0.717, 1.165) is 25.0 Å². The molecule has 0 radical (unpaired) electrons. The molecule has 1 aromatic rings. The van der Waals surface area contributed by atoms with Crippen LogP contribution in [-0.4, -0.2) is 12.1 Å². The molecule has 0 fully saturated rings. The van der Waals surface area contributed by atoms with E-state index in [4.69, 9.17) is 10.8 Å². The first-order valence-corrected chi connectivity index (χ1v) is 5.50. The second-order valence-corrected chi connectivity index (χ2v) is 3.86. The maximum absolute atomic E-state index is 5.44. The van der Waals surface area contributed by atoms with Gasteiger partial charge in [0, 0.05) is 12.5 Å². The molecule has 0 saturated heterocycles. The summed E-state index contributed by atoms with van der Waals surface area (Å²) in [6.07, 6.45) is 10.2. The molecular weight excluding hydrogens is 186 g/mol. The van der Waals surface area contributed by atoms with Crippen LogP contribution in [-0.2, 0) is 6.42 Å². The van der Waals surface area contributed by atoms with Crippen LogP contribution in [0, 0.1) is 12.3 Å². The molecule has 1 N–H and O–H groups in total. The van der Waals surface area contributed by atoms with E-state index >= 15 is 0 Å². The SMILES string of the molecule is C#CC(CCC)NC(C)Cc1ccco1. The summed E-state index contributed by atoms with van der Waals surface area (Å²) in [5.41, 5.74) is 0. The fraction of sp³-hybridized carbons (Fsp3) is 0.538. The molecule has 2 heteroatoms. The Kier molecular flexibility index (Phi) is 5.00. The zero-order valence-corrected chi connectivity index (χ0v) is 9.49. The van der Waals surface area contributed by atoms with Crippen LogP contribution < -0.4 is 5.32 Å².